The Bertz CT molecular complexity index is 909. The van der Waals surface area contributed by atoms with Crippen molar-refractivity contribution in [1.82, 2.24) is 5.32 Å². The summed E-state index contributed by atoms with van der Waals surface area (Å²) in [6, 6.07) is 13.6. The molecule has 26 heavy (non-hydrogen) atoms. The number of hydrogen-bond donors (Lipinski definition) is 2. The highest BCUT2D eigenvalue weighted by Gasteiger charge is 2.56. The van der Waals surface area contributed by atoms with Gasteiger partial charge in [-0.15, -0.1) is 0 Å². The molecule has 3 amide bonds. The number of carbonyl (C=O) groups is 3. The van der Waals surface area contributed by atoms with E-state index in [1.165, 1.54) is 4.90 Å². The number of rotatable bonds is 3. The van der Waals surface area contributed by atoms with Crippen LogP contribution in [0.15, 0.2) is 48.5 Å². The predicted molar refractivity (Wildman–Crippen MR) is 95.0 cm³/mol. The van der Waals surface area contributed by atoms with Crippen LogP contribution in [0.3, 0.4) is 0 Å². The molecule has 1 saturated heterocycles. The van der Waals surface area contributed by atoms with E-state index in [4.69, 9.17) is 4.74 Å². The molecule has 1 fully saturated rings. The van der Waals surface area contributed by atoms with E-state index in [0.29, 0.717) is 22.7 Å². The van der Waals surface area contributed by atoms with Crippen molar-refractivity contribution in [3.63, 3.8) is 0 Å². The fourth-order valence-corrected chi connectivity index (χ4v) is 3.48. The predicted octanol–water partition coefficient (Wildman–Crippen LogP) is 1.90. The van der Waals surface area contributed by atoms with Crippen LogP contribution in [0.1, 0.15) is 23.2 Å². The molecule has 1 unspecified atom stereocenters. The summed E-state index contributed by atoms with van der Waals surface area (Å²) < 4.78 is 5.10. The van der Waals surface area contributed by atoms with Gasteiger partial charge in [0.25, 0.3) is 11.8 Å². The van der Waals surface area contributed by atoms with Gasteiger partial charge in [-0.25, -0.2) is 0 Å². The molecule has 2 N–H and O–H groups in total. The number of carbonyl (C=O) groups excluding carboxylic acids is 3. The first-order chi connectivity index (χ1) is 12.5. The molecule has 7 heteroatoms. The van der Waals surface area contributed by atoms with Crippen LogP contribution in [-0.2, 0) is 9.59 Å². The molecule has 0 saturated carbocycles. The highest BCUT2D eigenvalue weighted by atomic mass is 16.5. The highest BCUT2D eigenvalue weighted by Crippen LogP contribution is 2.39. The first-order valence-electron chi connectivity index (χ1n) is 8.25. The Morgan fingerprint density at radius 3 is 2.62 bits per heavy atom. The minimum atomic E-state index is -1.41. The first kappa shape index (κ1) is 16.1. The fraction of sp³-hybridized carbons (Fsp3) is 0.211. The topological polar surface area (TPSA) is 87.7 Å². The van der Waals surface area contributed by atoms with Crippen LogP contribution >= 0.6 is 0 Å². The van der Waals surface area contributed by atoms with Gasteiger partial charge in [-0.2, -0.15) is 0 Å². The number of hydrogen-bond acceptors (Lipinski definition) is 4. The lowest BCUT2D eigenvalue weighted by atomic mass is 9.98. The van der Waals surface area contributed by atoms with Crippen molar-refractivity contribution in [2.45, 2.75) is 18.5 Å². The molecule has 132 valence electrons. The van der Waals surface area contributed by atoms with E-state index in [9.17, 15) is 14.4 Å². The Balaban J connectivity index is 1.70. The smallest absolute Gasteiger partial charge is 0.271 e. The molecule has 2 aliphatic heterocycles. The number of para-hydroxylation sites is 1. The number of anilines is 2. The fourth-order valence-electron chi connectivity index (χ4n) is 3.48. The zero-order valence-electron chi connectivity index (χ0n) is 14.1. The maximum absolute atomic E-state index is 13.1. The van der Waals surface area contributed by atoms with Crippen molar-refractivity contribution in [2.75, 3.05) is 17.3 Å². The maximum atomic E-state index is 13.1. The van der Waals surface area contributed by atoms with Crippen LogP contribution in [0.25, 0.3) is 0 Å². The lowest BCUT2D eigenvalue weighted by molar-refractivity contribution is -0.124. The molecule has 2 aromatic rings. The molecule has 7 nitrogen and oxygen atoms in total. The van der Waals surface area contributed by atoms with Crippen molar-refractivity contribution in [3.05, 3.63) is 54.1 Å². The molecule has 4 rings (SSSR count). The zero-order valence-corrected chi connectivity index (χ0v) is 14.1. The standard InChI is InChI=1S/C19H17N3O4/c1-26-13-8-6-12(7-9-13)20-18(25)19-11-10-16(23)22(19)15-5-3-2-4-14(15)17(24)21-19/h2-9H,10-11H2,1H3,(H,20,25)(H,21,24). The third-order valence-electron chi connectivity index (χ3n) is 4.77. The highest BCUT2D eigenvalue weighted by molar-refractivity contribution is 6.18. The van der Waals surface area contributed by atoms with Gasteiger partial charge < -0.3 is 15.4 Å². The normalized spacial score (nSPS) is 20.9. The third kappa shape index (κ3) is 2.32. The maximum Gasteiger partial charge on any atom is 0.271 e. The summed E-state index contributed by atoms with van der Waals surface area (Å²) in [5, 5.41) is 5.54. The number of nitrogens with zero attached hydrogens (tertiary/aromatic N) is 1. The van der Waals surface area contributed by atoms with E-state index in [0.717, 1.165) is 0 Å². The summed E-state index contributed by atoms with van der Waals surface area (Å²) in [6.07, 6.45) is 0.401. The second kappa shape index (κ2) is 5.87. The lowest BCUT2D eigenvalue weighted by Gasteiger charge is -2.41. The van der Waals surface area contributed by atoms with Crippen LogP contribution in [0, 0.1) is 0 Å². The van der Waals surface area contributed by atoms with Gasteiger partial charge in [-0.05, 0) is 36.4 Å². The molecule has 0 radical (unpaired) electrons. The van der Waals surface area contributed by atoms with Crippen LogP contribution in [-0.4, -0.2) is 30.5 Å². The average molecular weight is 351 g/mol. The van der Waals surface area contributed by atoms with Gasteiger partial charge >= 0.3 is 0 Å². The van der Waals surface area contributed by atoms with E-state index in [2.05, 4.69) is 10.6 Å². The zero-order chi connectivity index (χ0) is 18.3. The van der Waals surface area contributed by atoms with Crippen LogP contribution in [0.5, 0.6) is 5.75 Å². The summed E-state index contributed by atoms with van der Waals surface area (Å²) in [5.74, 6) is -0.339. The molecule has 2 aromatic carbocycles. The van der Waals surface area contributed by atoms with Crippen molar-refractivity contribution < 1.29 is 19.1 Å². The Kier molecular flexibility index (Phi) is 3.64. The summed E-state index contributed by atoms with van der Waals surface area (Å²) in [5.41, 5.74) is -0.0144. The number of fused-ring (bicyclic) bond motifs is 3. The molecule has 0 bridgehead atoms. The van der Waals surface area contributed by atoms with Crippen molar-refractivity contribution in [2.24, 2.45) is 0 Å². The van der Waals surface area contributed by atoms with Crippen molar-refractivity contribution >= 4 is 29.1 Å². The molecule has 0 aliphatic carbocycles. The average Bonchev–Trinajstić information content (AvgIpc) is 3.00. The Labute approximate surface area is 149 Å². The number of methoxy groups -OCH3 is 1. The van der Waals surface area contributed by atoms with Gasteiger partial charge in [0.1, 0.15) is 5.75 Å². The molecular weight excluding hydrogens is 334 g/mol. The van der Waals surface area contributed by atoms with Gasteiger partial charge in [-0.1, -0.05) is 12.1 Å². The van der Waals surface area contributed by atoms with Crippen LogP contribution in [0.4, 0.5) is 11.4 Å². The van der Waals surface area contributed by atoms with E-state index < -0.39 is 11.6 Å². The minimum Gasteiger partial charge on any atom is -0.497 e. The monoisotopic (exact) mass is 351 g/mol. The molecule has 0 spiro atoms. The molecule has 1 atom stereocenters. The summed E-state index contributed by atoms with van der Waals surface area (Å²) in [4.78, 5) is 39.5. The number of amides is 3. The number of ether oxygens (including phenoxy) is 1. The van der Waals surface area contributed by atoms with Gasteiger partial charge in [0.15, 0.2) is 0 Å². The van der Waals surface area contributed by atoms with Gasteiger partial charge in [-0.3, -0.25) is 19.3 Å². The Morgan fingerprint density at radius 1 is 1.15 bits per heavy atom. The SMILES string of the molecule is COc1ccc(NC(=O)C23CCC(=O)N2c2ccccc2C(=O)N3)cc1. The Hall–Kier alpha value is -3.35. The minimum absolute atomic E-state index is 0.185. The number of nitrogens with one attached hydrogen (secondary N) is 2. The molecular formula is C19H17N3O4. The van der Waals surface area contributed by atoms with Gasteiger partial charge in [0.2, 0.25) is 11.6 Å². The van der Waals surface area contributed by atoms with Crippen molar-refractivity contribution in [1.29, 1.82) is 0 Å². The first-order valence-corrected chi connectivity index (χ1v) is 8.25. The summed E-state index contributed by atoms with van der Waals surface area (Å²) in [7, 11) is 1.56. The molecule has 2 aliphatic rings. The second-order valence-electron chi connectivity index (χ2n) is 6.24. The number of benzene rings is 2. The lowest BCUT2D eigenvalue weighted by Crippen LogP contribution is -2.68. The van der Waals surface area contributed by atoms with E-state index in [1.54, 1.807) is 55.6 Å². The van der Waals surface area contributed by atoms with Gasteiger partial charge in [0.05, 0.1) is 18.4 Å². The van der Waals surface area contributed by atoms with E-state index >= 15 is 0 Å². The van der Waals surface area contributed by atoms with Crippen molar-refractivity contribution in [3.8, 4) is 5.75 Å². The largest absolute Gasteiger partial charge is 0.497 e. The van der Waals surface area contributed by atoms with Gasteiger partial charge in [0, 0.05) is 18.5 Å². The second-order valence-corrected chi connectivity index (χ2v) is 6.24. The Morgan fingerprint density at radius 2 is 1.88 bits per heavy atom. The summed E-state index contributed by atoms with van der Waals surface area (Å²) in [6.45, 7) is 0. The van der Waals surface area contributed by atoms with Crippen LogP contribution < -0.4 is 20.3 Å². The quantitative estimate of drug-likeness (QED) is 0.884. The van der Waals surface area contributed by atoms with Crippen LogP contribution in [0.2, 0.25) is 0 Å². The third-order valence-corrected chi connectivity index (χ3v) is 4.77. The molecule has 2 heterocycles. The van der Waals surface area contributed by atoms with E-state index in [1.807, 2.05) is 0 Å². The van der Waals surface area contributed by atoms with E-state index in [-0.39, 0.29) is 24.7 Å². The summed E-state index contributed by atoms with van der Waals surface area (Å²) >= 11 is 0. The molecule has 0 aromatic heterocycles.